The van der Waals surface area contributed by atoms with Gasteiger partial charge in [0.1, 0.15) is 6.10 Å². The van der Waals surface area contributed by atoms with Gasteiger partial charge in [-0.3, -0.25) is 4.79 Å². The fourth-order valence-corrected chi connectivity index (χ4v) is 2.20. The molecule has 1 amide bonds. The van der Waals surface area contributed by atoms with Crippen LogP contribution in [0.15, 0.2) is 0 Å². The van der Waals surface area contributed by atoms with Crippen molar-refractivity contribution >= 4 is 18.3 Å². The van der Waals surface area contributed by atoms with E-state index in [0.717, 1.165) is 25.9 Å². The largest absolute Gasteiger partial charge is 0.376 e. The summed E-state index contributed by atoms with van der Waals surface area (Å²) in [4.78, 5) is 13.9. The lowest BCUT2D eigenvalue weighted by atomic mass is 10.0. The molecule has 0 aromatic rings. The molecule has 21 heavy (non-hydrogen) atoms. The lowest BCUT2D eigenvalue weighted by Gasteiger charge is -2.24. The Balaban J connectivity index is 0.00000400. The van der Waals surface area contributed by atoms with Crippen LogP contribution in [0.2, 0.25) is 0 Å². The number of nitrogens with zero attached hydrogens (tertiary/aromatic N) is 1. The van der Waals surface area contributed by atoms with Crippen LogP contribution in [0.5, 0.6) is 0 Å². The second-order valence-electron chi connectivity index (χ2n) is 6.07. The quantitative estimate of drug-likeness (QED) is 0.740. The molecular weight excluding hydrogens is 292 g/mol. The zero-order chi connectivity index (χ0) is 15.1. The van der Waals surface area contributed by atoms with Crippen LogP contribution in [0.3, 0.4) is 0 Å². The van der Waals surface area contributed by atoms with Gasteiger partial charge in [0.15, 0.2) is 0 Å². The van der Waals surface area contributed by atoms with Gasteiger partial charge in [0, 0.05) is 26.2 Å². The maximum absolute atomic E-state index is 12.1. The normalized spacial score (nSPS) is 21.0. The Hall–Kier alpha value is -0.360. The van der Waals surface area contributed by atoms with Crippen molar-refractivity contribution in [3.05, 3.63) is 0 Å². The summed E-state index contributed by atoms with van der Waals surface area (Å²) >= 11 is 0. The highest BCUT2D eigenvalue weighted by Crippen LogP contribution is 2.13. The molecule has 3 unspecified atom stereocenters. The van der Waals surface area contributed by atoms with Crippen LogP contribution in [0.4, 0.5) is 0 Å². The third-order valence-corrected chi connectivity index (χ3v) is 3.93. The molecule has 1 heterocycles. The van der Waals surface area contributed by atoms with E-state index in [2.05, 4.69) is 13.8 Å². The minimum Gasteiger partial charge on any atom is -0.376 e. The topological polar surface area (TPSA) is 64.8 Å². The van der Waals surface area contributed by atoms with Crippen molar-refractivity contribution in [3.63, 3.8) is 0 Å². The van der Waals surface area contributed by atoms with E-state index in [1.54, 1.807) is 18.9 Å². The first-order valence-corrected chi connectivity index (χ1v) is 7.65. The zero-order valence-corrected chi connectivity index (χ0v) is 14.5. The predicted octanol–water partition coefficient (Wildman–Crippen LogP) is 1.82. The smallest absolute Gasteiger partial charge is 0.251 e. The summed E-state index contributed by atoms with van der Waals surface area (Å²) in [6.45, 7) is 7.98. The van der Waals surface area contributed by atoms with Gasteiger partial charge in [0.2, 0.25) is 0 Å². The maximum atomic E-state index is 12.1. The Bertz CT molecular complexity index is 283. The second kappa shape index (κ2) is 10.4. The fourth-order valence-electron chi connectivity index (χ4n) is 2.20. The van der Waals surface area contributed by atoms with E-state index in [0.29, 0.717) is 19.1 Å². The monoisotopic (exact) mass is 322 g/mol. The minimum atomic E-state index is -0.417. The first-order valence-electron chi connectivity index (χ1n) is 7.65. The van der Waals surface area contributed by atoms with Crippen molar-refractivity contribution in [2.24, 2.45) is 11.7 Å². The molecule has 1 rings (SSSR count). The van der Waals surface area contributed by atoms with Crippen molar-refractivity contribution in [3.8, 4) is 0 Å². The summed E-state index contributed by atoms with van der Waals surface area (Å²) in [6.07, 6.45) is 2.67. The molecule has 0 bridgehead atoms. The molecule has 0 spiro atoms. The predicted molar refractivity (Wildman–Crippen MR) is 86.7 cm³/mol. The molecule has 3 atom stereocenters. The van der Waals surface area contributed by atoms with E-state index in [9.17, 15) is 4.79 Å². The molecule has 1 aliphatic heterocycles. The molecule has 0 aromatic heterocycles. The number of halogens is 1. The first kappa shape index (κ1) is 20.6. The molecule has 0 aliphatic carbocycles. The number of likely N-dealkylation sites (N-methyl/N-ethyl adjacent to an activating group) is 1. The van der Waals surface area contributed by atoms with Gasteiger partial charge in [-0.1, -0.05) is 13.8 Å². The Morgan fingerprint density at radius 1 is 1.43 bits per heavy atom. The Morgan fingerprint density at radius 2 is 2.10 bits per heavy atom. The first-order chi connectivity index (χ1) is 9.41. The van der Waals surface area contributed by atoms with Crippen LogP contribution in [0, 0.1) is 5.92 Å². The lowest BCUT2D eigenvalue weighted by molar-refractivity contribution is -0.143. The van der Waals surface area contributed by atoms with E-state index in [-0.39, 0.29) is 30.5 Å². The molecule has 1 saturated heterocycles. The summed E-state index contributed by atoms with van der Waals surface area (Å²) in [7, 11) is 1.81. The number of amides is 1. The Labute approximate surface area is 134 Å². The molecular formula is C15H31ClN2O3. The van der Waals surface area contributed by atoms with E-state index < -0.39 is 6.10 Å². The van der Waals surface area contributed by atoms with Crippen molar-refractivity contribution in [2.75, 3.05) is 26.8 Å². The van der Waals surface area contributed by atoms with Gasteiger partial charge in [-0.15, -0.1) is 12.4 Å². The second-order valence-corrected chi connectivity index (χ2v) is 6.07. The average molecular weight is 323 g/mol. The van der Waals surface area contributed by atoms with Gasteiger partial charge in [0.25, 0.3) is 5.91 Å². The third-order valence-electron chi connectivity index (χ3n) is 3.93. The molecule has 1 fully saturated rings. The highest BCUT2D eigenvalue weighted by molar-refractivity contribution is 5.85. The Kier molecular flexibility index (Phi) is 10.2. The van der Waals surface area contributed by atoms with Gasteiger partial charge in [-0.2, -0.15) is 0 Å². The van der Waals surface area contributed by atoms with Crippen molar-refractivity contribution in [2.45, 2.75) is 58.3 Å². The third kappa shape index (κ3) is 7.45. The number of carbonyl (C=O) groups excluding carboxylic acids is 1. The van der Waals surface area contributed by atoms with Gasteiger partial charge >= 0.3 is 0 Å². The molecule has 0 aromatic carbocycles. The minimum absolute atomic E-state index is 0. The summed E-state index contributed by atoms with van der Waals surface area (Å²) < 4.78 is 11.1. The molecule has 126 valence electrons. The van der Waals surface area contributed by atoms with Gasteiger partial charge < -0.3 is 20.1 Å². The van der Waals surface area contributed by atoms with Crippen LogP contribution in [0.25, 0.3) is 0 Å². The van der Waals surface area contributed by atoms with Crippen LogP contribution >= 0.6 is 12.4 Å². The zero-order valence-electron chi connectivity index (χ0n) is 13.7. The number of carbonyl (C=O) groups is 1. The fraction of sp³-hybridized carbons (Fsp3) is 0.933. The van der Waals surface area contributed by atoms with Crippen molar-refractivity contribution < 1.29 is 14.3 Å². The number of nitrogens with two attached hydrogens (primary N) is 1. The number of ether oxygens (including phenoxy) is 2. The van der Waals surface area contributed by atoms with Crippen LogP contribution < -0.4 is 5.73 Å². The number of hydrogen-bond acceptors (Lipinski definition) is 4. The van der Waals surface area contributed by atoms with Gasteiger partial charge in [0.05, 0.1) is 12.7 Å². The van der Waals surface area contributed by atoms with Gasteiger partial charge in [-0.05, 0) is 32.1 Å². The van der Waals surface area contributed by atoms with Crippen molar-refractivity contribution in [1.29, 1.82) is 0 Å². The van der Waals surface area contributed by atoms with E-state index in [1.165, 1.54) is 0 Å². The summed E-state index contributed by atoms with van der Waals surface area (Å²) in [5.74, 6) is 0.450. The highest BCUT2D eigenvalue weighted by atomic mass is 35.5. The lowest BCUT2D eigenvalue weighted by Crippen LogP contribution is -2.40. The van der Waals surface area contributed by atoms with Crippen molar-refractivity contribution in [1.82, 2.24) is 4.90 Å². The molecule has 2 N–H and O–H groups in total. The van der Waals surface area contributed by atoms with Crippen LogP contribution in [-0.4, -0.2) is 55.9 Å². The van der Waals surface area contributed by atoms with E-state index in [4.69, 9.17) is 15.2 Å². The molecule has 1 aliphatic rings. The summed E-state index contributed by atoms with van der Waals surface area (Å²) in [5, 5.41) is 0. The van der Waals surface area contributed by atoms with Crippen LogP contribution in [0.1, 0.15) is 40.0 Å². The maximum Gasteiger partial charge on any atom is 0.251 e. The average Bonchev–Trinajstić information content (AvgIpc) is 2.93. The van der Waals surface area contributed by atoms with E-state index in [1.807, 2.05) is 0 Å². The molecule has 0 radical (unpaired) electrons. The standard InChI is InChI=1S/C15H30N2O3.ClH/c1-11(2)14(16)7-8-17(4)15(18)12(3)20-10-13-6-5-9-19-13;/h11-14H,5-10,16H2,1-4H3;1H. The van der Waals surface area contributed by atoms with Gasteiger partial charge in [-0.25, -0.2) is 0 Å². The molecule has 6 heteroatoms. The Morgan fingerprint density at radius 3 is 2.62 bits per heavy atom. The number of hydrogen-bond donors (Lipinski definition) is 1. The van der Waals surface area contributed by atoms with Crippen LogP contribution in [-0.2, 0) is 14.3 Å². The van der Waals surface area contributed by atoms with E-state index >= 15 is 0 Å². The molecule has 5 nitrogen and oxygen atoms in total. The SMILES string of the molecule is CC(OCC1CCCO1)C(=O)N(C)CCC(N)C(C)C.Cl. The molecule has 0 saturated carbocycles. The highest BCUT2D eigenvalue weighted by Gasteiger charge is 2.22. The number of rotatable bonds is 8. The summed E-state index contributed by atoms with van der Waals surface area (Å²) in [6, 6.07) is 0.133. The summed E-state index contributed by atoms with van der Waals surface area (Å²) in [5.41, 5.74) is 6.00.